The number of nitrogens with zero attached hydrogens (tertiary/aromatic N) is 1. The van der Waals surface area contributed by atoms with E-state index in [0.717, 1.165) is 0 Å². The quantitative estimate of drug-likeness (QED) is 0.861. The van der Waals surface area contributed by atoms with Gasteiger partial charge in [-0.15, -0.1) is 11.3 Å². The number of hydrogen-bond acceptors (Lipinski definition) is 4. The molecule has 0 aliphatic heterocycles. The minimum absolute atomic E-state index is 0.274. The SMILES string of the molecule is NC(=O)c1ccccc1NC(=O)c1cscn1. The summed E-state index contributed by atoms with van der Waals surface area (Å²) in [5, 5.41) is 4.23. The van der Waals surface area contributed by atoms with Crippen LogP contribution in [0.5, 0.6) is 0 Å². The predicted molar refractivity (Wildman–Crippen MR) is 65.0 cm³/mol. The van der Waals surface area contributed by atoms with E-state index < -0.39 is 5.91 Å². The fourth-order valence-electron chi connectivity index (χ4n) is 1.32. The molecule has 0 saturated carbocycles. The largest absolute Gasteiger partial charge is 0.366 e. The van der Waals surface area contributed by atoms with Crippen LogP contribution in [0.3, 0.4) is 0 Å². The Balaban J connectivity index is 2.25. The van der Waals surface area contributed by atoms with Crippen LogP contribution in [0.2, 0.25) is 0 Å². The second-order valence-electron chi connectivity index (χ2n) is 3.24. The normalized spacial score (nSPS) is 9.88. The van der Waals surface area contributed by atoms with Crippen molar-refractivity contribution in [3.8, 4) is 0 Å². The van der Waals surface area contributed by atoms with Crippen LogP contribution >= 0.6 is 11.3 Å². The Morgan fingerprint density at radius 1 is 1.29 bits per heavy atom. The van der Waals surface area contributed by atoms with Gasteiger partial charge in [-0.2, -0.15) is 0 Å². The summed E-state index contributed by atoms with van der Waals surface area (Å²) in [6, 6.07) is 6.56. The van der Waals surface area contributed by atoms with Crippen LogP contribution in [0.25, 0.3) is 0 Å². The van der Waals surface area contributed by atoms with Crippen molar-refractivity contribution in [1.82, 2.24) is 4.98 Å². The Morgan fingerprint density at radius 2 is 2.06 bits per heavy atom. The fraction of sp³-hybridized carbons (Fsp3) is 0. The molecule has 0 unspecified atom stereocenters. The molecule has 0 saturated heterocycles. The summed E-state index contributed by atoms with van der Waals surface area (Å²) in [6.07, 6.45) is 0. The van der Waals surface area contributed by atoms with E-state index in [1.165, 1.54) is 11.3 Å². The topological polar surface area (TPSA) is 85.1 Å². The van der Waals surface area contributed by atoms with E-state index in [0.29, 0.717) is 11.4 Å². The number of anilines is 1. The Bertz CT molecular complexity index is 552. The number of carbonyl (C=O) groups is 2. The molecule has 1 aromatic heterocycles. The van der Waals surface area contributed by atoms with Crippen LogP contribution in [-0.2, 0) is 0 Å². The molecule has 0 radical (unpaired) electrons. The number of para-hydroxylation sites is 1. The molecule has 2 amide bonds. The molecule has 0 spiro atoms. The average molecular weight is 247 g/mol. The minimum Gasteiger partial charge on any atom is -0.366 e. The molecule has 3 N–H and O–H groups in total. The van der Waals surface area contributed by atoms with Crippen molar-refractivity contribution in [2.45, 2.75) is 0 Å². The average Bonchev–Trinajstić information content (AvgIpc) is 2.83. The van der Waals surface area contributed by atoms with Gasteiger partial charge in [-0.3, -0.25) is 9.59 Å². The Kier molecular flexibility index (Phi) is 3.15. The monoisotopic (exact) mass is 247 g/mol. The molecule has 1 aromatic carbocycles. The molecule has 17 heavy (non-hydrogen) atoms. The number of aromatic nitrogens is 1. The zero-order valence-electron chi connectivity index (χ0n) is 8.71. The summed E-state index contributed by atoms with van der Waals surface area (Å²) in [6.45, 7) is 0. The van der Waals surface area contributed by atoms with Gasteiger partial charge in [0.25, 0.3) is 11.8 Å². The maximum absolute atomic E-state index is 11.7. The first kappa shape index (κ1) is 11.3. The van der Waals surface area contributed by atoms with Crippen molar-refractivity contribution in [2.24, 2.45) is 5.73 Å². The molecular formula is C11H9N3O2S. The smallest absolute Gasteiger partial charge is 0.275 e. The van der Waals surface area contributed by atoms with Crippen molar-refractivity contribution < 1.29 is 9.59 Å². The molecule has 5 nitrogen and oxygen atoms in total. The lowest BCUT2D eigenvalue weighted by atomic mass is 10.1. The summed E-state index contributed by atoms with van der Waals surface area (Å²) in [5.74, 6) is -0.945. The van der Waals surface area contributed by atoms with E-state index in [1.807, 2.05) is 0 Å². The lowest BCUT2D eigenvalue weighted by molar-refractivity contribution is 0.100. The lowest BCUT2D eigenvalue weighted by Gasteiger charge is -2.06. The number of amides is 2. The van der Waals surface area contributed by atoms with Gasteiger partial charge in [0.1, 0.15) is 5.69 Å². The first-order valence-electron chi connectivity index (χ1n) is 4.77. The van der Waals surface area contributed by atoms with Gasteiger partial charge in [0.05, 0.1) is 16.8 Å². The van der Waals surface area contributed by atoms with Gasteiger partial charge in [-0.05, 0) is 12.1 Å². The van der Waals surface area contributed by atoms with E-state index in [4.69, 9.17) is 5.73 Å². The molecule has 0 atom stereocenters. The molecule has 1 heterocycles. The number of rotatable bonds is 3. The van der Waals surface area contributed by atoms with E-state index in [9.17, 15) is 9.59 Å². The molecule has 2 aromatic rings. The van der Waals surface area contributed by atoms with Gasteiger partial charge >= 0.3 is 0 Å². The molecule has 0 aliphatic carbocycles. The van der Waals surface area contributed by atoms with Gasteiger partial charge in [0.15, 0.2) is 0 Å². The number of nitrogens with two attached hydrogens (primary N) is 1. The van der Waals surface area contributed by atoms with Crippen LogP contribution in [0.15, 0.2) is 35.2 Å². The van der Waals surface area contributed by atoms with Crippen molar-refractivity contribution >= 4 is 28.8 Å². The summed E-state index contributed by atoms with van der Waals surface area (Å²) >= 11 is 1.33. The maximum Gasteiger partial charge on any atom is 0.275 e. The van der Waals surface area contributed by atoms with Gasteiger partial charge < -0.3 is 11.1 Å². The molecule has 0 fully saturated rings. The lowest BCUT2D eigenvalue weighted by Crippen LogP contribution is -2.18. The summed E-state index contributed by atoms with van der Waals surface area (Å²) in [5.41, 5.74) is 7.74. The number of hydrogen-bond donors (Lipinski definition) is 2. The number of primary amides is 1. The Hall–Kier alpha value is -2.21. The van der Waals surface area contributed by atoms with Crippen LogP contribution in [0, 0.1) is 0 Å². The molecule has 2 rings (SSSR count). The van der Waals surface area contributed by atoms with Crippen molar-refractivity contribution in [1.29, 1.82) is 0 Å². The number of carbonyl (C=O) groups excluding carboxylic acids is 2. The van der Waals surface area contributed by atoms with Gasteiger partial charge in [-0.25, -0.2) is 4.98 Å². The highest BCUT2D eigenvalue weighted by Crippen LogP contribution is 2.15. The highest BCUT2D eigenvalue weighted by Gasteiger charge is 2.12. The summed E-state index contributed by atoms with van der Waals surface area (Å²) in [7, 11) is 0. The zero-order valence-corrected chi connectivity index (χ0v) is 9.53. The first-order chi connectivity index (χ1) is 8.18. The second kappa shape index (κ2) is 4.75. The minimum atomic E-state index is -0.584. The van der Waals surface area contributed by atoms with Gasteiger partial charge in [-0.1, -0.05) is 12.1 Å². The third-order valence-corrected chi connectivity index (χ3v) is 2.69. The highest BCUT2D eigenvalue weighted by atomic mass is 32.1. The van der Waals surface area contributed by atoms with E-state index in [1.54, 1.807) is 35.2 Å². The fourth-order valence-corrected chi connectivity index (χ4v) is 1.85. The number of nitrogens with one attached hydrogen (secondary N) is 1. The molecule has 86 valence electrons. The summed E-state index contributed by atoms with van der Waals surface area (Å²) < 4.78 is 0. The third kappa shape index (κ3) is 2.48. The van der Waals surface area contributed by atoms with Crippen molar-refractivity contribution in [2.75, 3.05) is 5.32 Å². The second-order valence-corrected chi connectivity index (χ2v) is 3.96. The van der Waals surface area contributed by atoms with E-state index in [-0.39, 0.29) is 11.5 Å². The molecule has 0 bridgehead atoms. The predicted octanol–water partition coefficient (Wildman–Crippen LogP) is 1.49. The van der Waals surface area contributed by atoms with Gasteiger partial charge in [0.2, 0.25) is 0 Å². The van der Waals surface area contributed by atoms with Crippen molar-refractivity contribution in [3.63, 3.8) is 0 Å². The number of thiazole rings is 1. The Morgan fingerprint density at radius 3 is 2.71 bits per heavy atom. The van der Waals surface area contributed by atoms with Gasteiger partial charge in [0, 0.05) is 5.38 Å². The van der Waals surface area contributed by atoms with Crippen LogP contribution in [0.1, 0.15) is 20.8 Å². The molecular weight excluding hydrogens is 238 g/mol. The molecule has 0 aliphatic rings. The third-order valence-electron chi connectivity index (χ3n) is 2.11. The Labute approximate surface area is 101 Å². The number of benzene rings is 1. The zero-order chi connectivity index (χ0) is 12.3. The first-order valence-corrected chi connectivity index (χ1v) is 5.71. The maximum atomic E-state index is 11.7. The van der Waals surface area contributed by atoms with Crippen molar-refractivity contribution in [3.05, 3.63) is 46.4 Å². The summed E-state index contributed by atoms with van der Waals surface area (Å²) in [4.78, 5) is 26.8. The van der Waals surface area contributed by atoms with Crippen LogP contribution in [-0.4, -0.2) is 16.8 Å². The van der Waals surface area contributed by atoms with Crippen LogP contribution in [0.4, 0.5) is 5.69 Å². The molecule has 6 heteroatoms. The van der Waals surface area contributed by atoms with E-state index in [2.05, 4.69) is 10.3 Å². The standard InChI is InChI=1S/C11H9N3O2S/c12-10(15)7-3-1-2-4-8(7)14-11(16)9-5-17-6-13-9/h1-6H,(H2,12,15)(H,14,16). The van der Waals surface area contributed by atoms with E-state index >= 15 is 0 Å². The highest BCUT2D eigenvalue weighted by molar-refractivity contribution is 7.07. The van der Waals surface area contributed by atoms with Crippen LogP contribution < -0.4 is 11.1 Å².